The van der Waals surface area contributed by atoms with Crippen LogP contribution in [0.25, 0.3) is 0 Å². The third kappa shape index (κ3) is 6.85. The minimum Gasteiger partial charge on any atom is -0.358 e. The van der Waals surface area contributed by atoms with Crippen LogP contribution >= 0.6 is 0 Å². The zero-order valence-corrected chi connectivity index (χ0v) is 9.76. The molecule has 0 aromatic rings. The number of hydrogen-bond donors (Lipinski definition) is 1. The van der Waals surface area contributed by atoms with E-state index in [2.05, 4.69) is 6.92 Å². The van der Waals surface area contributed by atoms with Crippen molar-refractivity contribution >= 4 is 5.78 Å². The van der Waals surface area contributed by atoms with Crippen LogP contribution in [0.1, 0.15) is 13.8 Å². The van der Waals surface area contributed by atoms with Crippen molar-refractivity contribution in [2.75, 3.05) is 0 Å². The Morgan fingerprint density at radius 3 is 1.80 bits per heavy atom. The first kappa shape index (κ1) is 17.0. The van der Waals surface area contributed by atoms with Gasteiger partial charge in [-0.25, -0.2) is 0 Å². The van der Waals surface area contributed by atoms with Crippen molar-refractivity contribution in [1.29, 1.82) is 0 Å². The van der Waals surface area contributed by atoms with Crippen LogP contribution < -0.4 is 5.73 Å². The topological polar surface area (TPSA) is 43.1 Å². The molecule has 0 bridgehead atoms. The molecule has 0 rings (SSSR count). The summed E-state index contributed by atoms with van der Waals surface area (Å²) in [6.45, 7) is 7.01. The fraction of sp³-hybridized carbons (Fsp3) is 0.571. The van der Waals surface area contributed by atoms with Gasteiger partial charge in [0.15, 0.2) is 0 Å². The van der Waals surface area contributed by atoms with Gasteiger partial charge in [0.1, 0.15) is 5.78 Å². The Labute approximate surface area is 88.8 Å². The zero-order valence-electron chi connectivity index (χ0n) is 6.92. The number of rotatable bonds is 2. The van der Waals surface area contributed by atoms with E-state index in [1.807, 2.05) is 13.8 Å². The molecule has 59 valence electrons. The molecule has 10 heavy (non-hydrogen) atoms. The van der Waals surface area contributed by atoms with Crippen molar-refractivity contribution in [2.24, 2.45) is 11.7 Å². The quantitative estimate of drug-likeness (QED) is 0.697. The van der Waals surface area contributed by atoms with E-state index < -0.39 is 6.04 Å². The van der Waals surface area contributed by atoms with Crippen molar-refractivity contribution < 1.29 is 37.5 Å². The monoisotopic (exact) mass is 218 g/mol. The Morgan fingerprint density at radius 2 is 1.80 bits per heavy atom. The number of carbonyl (C=O) groups is 1. The Bertz CT molecular complexity index is 81.6. The molecule has 0 aliphatic rings. The molecule has 0 fully saturated rings. The van der Waals surface area contributed by atoms with Crippen LogP contribution in [0, 0.1) is 20.3 Å². The molecule has 0 spiro atoms. The minimum absolute atomic E-state index is 0. The molecule has 0 aromatic heterocycles. The van der Waals surface area contributed by atoms with Crippen LogP contribution in [0.3, 0.4) is 0 Å². The maximum atomic E-state index is 10.7. The molecular formula is C7H15NOY-2. The van der Waals surface area contributed by atoms with Gasteiger partial charge in [-0.15, -0.1) is 0 Å². The molecule has 0 unspecified atom stereocenters. The zero-order chi connectivity index (χ0) is 6.73. The average Bonchev–Trinajstić information content (AvgIpc) is 1.64. The first-order valence-electron chi connectivity index (χ1n) is 2.68. The van der Waals surface area contributed by atoms with Gasteiger partial charge in [-0.3, -0.25) is 0 Å². The normalized spacial score (nSPS) is 11.3. The van der Waals surface area contributed by atoms with E-state index in [1.165, 1.54) is 0 Å². The van der Waals surface area contributed by atoms with Gasteiger partial charge in [-0.05, 0) is 0 Å². The van der Waals surface area contributed by atoms with Crippen molar-refractivity contribution in [3.05, 3.63) is 14.4 Å². The summed E-state index contributed by atoms with van der Waals surface area (Å²) < 4.78 is 0. The summed E-state index contributed by atoms with van der Waals surface area (Å²) in [5.74, 6) is 0.0347. The summed E-state index contributed by atoms with van der Waals surface area (Å²) >= 11 is 0. The molecule has 0 saturated heterocycles. The largest absolute Gasteiger partial charge is 0.358 e. The Morgan fingerprint density at radius 1 is 1.50 bits per heavy atom. The van der Waals surface area contributed by atoms with Crippen molar-refractivity contribution in [3.63, 3.8) is 0 Å². The van der Waals surface area contributed by atoms with Crippen LogP contribution in [0.5, 0.6) is 0 Å². The van der Waals surface area contributed by atoms with Gasteiger partial charge < -0.3 is 24.9 Å². The van der Waals surface area contributed by atoms with E-state index in [4.69, 9.17) is 5.73 Å². The van der Waals surface area contributed by atoms with Crippen LogP contribution in [0.15, 0.2) is 0 Å². The number of nitrogens with two attached hydrogens (primary N) is 1. The molecule has 0 aliphatic heterocycles. The third-order valence-corrected chi connectivity index (χ3v) is 0.934. The fourth-order valence-corrected chi connectivity index (χ4v) is 0.428. The first-order valence-corrected chi connectivity index (χ1v) is 2.68. The Balaban J connectivity index is -0.000000245. The van der Waals surface area contributed by atoms with Crippen LogP contribution in [-0.4, -0.2) is 11.8 Å². The molecule has 0 heterocycles. The number of hydrogen-bond acceptors (Lipinski definition) is 2. The van der Waals surface area contributed by atoms with Gasteiger partial charge in [0.25, 0.3) is 0 Å². The fourth-order valence-electron chi connectivity index (χ4n) is 0.428. The van der Waals surface area contributed by atoms with Gasteiger partial charge in [-0.2, -0.15) is 0 Å². The SMILES string of the molecule is [CH2-][C@H](N)C(=O)C(C)C.[CH3-].[Y]. The minimum atomic E-state index is -0.546. The second-order valence-corrected chi connectivity index (χ2v) is 2.16. The molecule has 1 radical (unpaired) electrons. The second kappa shape index (κ2) is 7.84. The third-order valence-electron chi connectivity index (χ3n) is 0.934. The number of ketones is 1. The summed E-state index contributed by atoms with van der Waals surface area (Å²) in [5.41, 5.74) is 5.18. The van der Waals surface area contributed by atoms with E-state index in [9.17, 15) is 4.79 Å². The Kier molecular flexibility index (Phi) is 13.3. The van der Waals surface area contributed by atoms with E-state index in [-0.39, 0.29) is 51.8 Å². The molecule has 3 heteroatoms. The van der Waals surface area contributed by atoms with Gasteiger partial charge in [0.05, 0.1) is 0 Å². The summed E-state index contributed by atoms with van der Waals surface area (Å²) in [5, 5.41) is 0. The van der Waals surface area contributed by atoms with Crippen molar-refractivity contribution in [3.8, 4) is 0 Å². The molecule has 1 atom stereocenters. The summed E-state index contributed by atoms with van der Waals surface area (Å²) in [4.78, 5) is 10.7. The maximum absolute atomic E-state index is 10.7. The van der Waals surface area contributed by atoms with Gasteiger partial charge in [0, 0.05) is 38.6 Å². The van der Waals surface area contributed by atoms with Crippen LogP contribution in [0.2, 0.25) is 0 Å². The molecule has 0 saturated carbocycles. The predicted octanol–water partition coefficient (Wildman–Crippen LogP) is 0.821. The number of carbonyl (C=O) groups excluding carboxylic acids is 1. The molecule has 2 N–H and O–H groups in total. The molecule has 0 aromatic carbocycles. The number of Topliss-reactive ketones (excluding diaryl/α,β-unsaturated/α-hetero) is 1. The van der Waals surface area contributed by atoms with Gasteiger partial charge >= 0.3 is 0 Å². The smallest absolute Gasteiger partial charge is 0.121 e. The first-order chi connectivity index (χ1) is 3.55. The predicted molar refractivity (Wildman–Crippen MR) is 39.6 cm³/mol. The second-order valence-electron chi connectivity index (χ2n) is 2.16. The van der Waals surface area contributed by atoms with Crippen molar-refractivity contribution in [2.45, 2.75) is 19.9 Å². The average molecular weight is 218 g/mol. The molecular weight excluding hydrogens is 203 g/mol. The molecule has 2 nitrogen and oxygen atoms in total. The van der Waals surface area contributed by atoms with E-state index in [0.717, 1.165) is 0 Å². The molecule has 0 amide bonds. The summed E-state index contributed by atoms with van der Waals surface area (Å²) in [6.07, 6.45) is 0. The van der Waals surface area contributed by atoms with Gasteiger partial charge in [-0.1, -0.05) is 19.9 Å². The van der Waals surface area contributed by atoms with E-state index in [0.29, 0.717) is 0 Å². The standard InChI is InChI=1S/C6H12NO.CH3.Y/c1-4(2)6(8)5(3)7;;/h4-5H,3,7H2,1-2H3;1H3;/q2*-1;/t5-;;/m0../s1. The molecule has 0 aliphatic carbocycles. The Hall–Kier alpha value is 0.734. The summed E-state index contributed by atoms with van der Waals surface area (Å²) in [7, 11) is 0. The van der Waals surface area contributed by atoms with Gasteiger partial charge in [0.2, 0.25) is 0 Å². The van der Waals surface area contributed by atoms with Crippen LogP contribution in [0.4, 0.5) is 0 Å². The maximum Gasteiger partial charge on any atom is 0.121 e. The van der Waals surface area contributed by atoms with Crippen molar-refractivity contribution in [1.82, 2.24) is 0 Å². The van der Waals surface area contributed by atoms with E-state index in [1.54, 1.807) is 0 Å². The van der Waals surface area contributed by atoms with Crippen LogP contribution in [-0.2, 0) is 37.5 Å². The van der Waals surface area contributed by atoms with E-state index >= 15 is 0 Å². The summed E-state index contributed by atoms with van der Waals surface area (Å²) in [6, 6.07) is -0.546.